The lowest BCUT2D eigenvalue weighted by Crippen LogP contribution is -2.38. The van der Waals surface area contributed by atoms with Gasteiger partial charge in [-0.15, -0.1) is 0 Å². The summed E-state index contributed by atoms with van der Waals surface area (Å²) in [4.78, 5) is 14.4. The summed E-state index contributed by atoms with van der Waals surface area (Å²) in [5.41, 5.74) is 0.395. The fourth-order valence-electron chi connectivity index (χ4n) is 2.58. The number of nitrogens with zero attached hydrogens (tertiary/aromatic N) is 2. The van der Waals surface area contributed by atoms with Gasteiger partial charge in [0, 0.05) is 31.2 Å². The molecule has 2 rings (SSSR count). The molecule has 1 fully saturated rings. The molecular formula is C15H21ClN2O4S. The lowest BCUT2D eigenvalue weighted by Gasteiger charge is -2.22. The van der Waals surface area contributed by atoms with E-state index < -0.39 is 10.0 Å². The summed E-state index contributed by atoms with van der Waals surface area (Å²) >= 11 is 5.98. The van der Waals surface area contributed by atoms with E-state index in [2.05, 4.69) is 0 Å². The first kappa shape index (κ1) is 18.0. The predicted molar refractivity (Wildman–Crippen MR) is 89.6 cm³/mol. The van der Waals surface area contributed by atoms with Crippen LogP contribution in [0.25, 0.3) is 0 Å². The number of rotatable bonds is 4. The van der Waals surface area contributed by atoms with Gasteiger partial charge >= 0.3 is 0 Å². The van der Waals surface area contributed by atoms with Crippen molar-refractivity contribution in [1.82, 2.24) is 9.21 Å². The average molecular weight is 361 g/mol. The number of methoxy groups -OCH3 is 1. The number of benzene rings is 1. The zero-order valence-electron chi connectivity index (χ0n) is 13.3. The molecule has 0 radical (unpaired) electrons. The Balaban J connectivity index is 2.17. The van der Waals surface area contributed by atoms with Crippen molar-refractivity contribution in [1.29, 1.82) is 0 Å². The average Bonchev–Trinajstić information content (AvgIpc) is 2.80. The molecule has 1 amide bonds. The number of halogens is 1. The van der Waals surface area contributed by atoms with E-state index in [0.717, 1.165) is 0 Å². The maximum absolute atomic E-state index is 12.7. The van der Waals surface area contributed by atoms with Gasteiger partial charge < -0.3 is 9.64 Å². The molecule has 1 heterocycles. The zero-order valence-corrected chi connectivity index (χ0v) is 14.9. The van der Waals surface area contributed by atoms with Crippen LogP contribution in [0.4, 0.5) is 0 Å². The van der Waals surface area contributed by atoms with E-state index in [4.69, 9.17) is 16.3 Å². The van der Waals surface area contributed by atoms with Crippen LogP contribution in [0, 0.1) is 0 Å². The molecule has 1 aromatic rings. The van der Waals surface area contributed by atoms with Crippen molar-refractivity contribution in [3.63, 3.8) is 0 Å². The summed E-state index contributed by atoms with van der Waals surface area (Å²) in [6.07, 6.45) is 0.605. The van der Waals surface area contributed by atoms with E-state index in [1.54, 1.807) is 30.0 Å². The minimum Gasteiger partial charge on any atom is -0.496 e. The molecule has 0 N–H and O–H groups in total. The number of sulfonamides is 1. The number of carbonyl (C=O) groups is 1. The number of amides is 1. The van der Waals surface area contributed by atoms with E-state index >= 15 is 0 Å². The monoisotopic (exact) mass is 360 g/mol. The van der Waals surface area contributed by atoms with E-state index in [1.807, 2.05) is 0 Å². The van der Waals surface area contributed by atoms with Crippen molar-refractivity contribution < 1.29 is 17.9 Å². The van der Waals surface area contributed by atoms with Gasteiger partial charge in [0.2, 0.25) is 10.0 Å². The Kier molecular flexibility index (Phi) is 5.89. The number of hydrogen-bond donors (Lipinski definition) is 0. The maximum Gasteiger partial charge on any atom is 0.257 e. The molecule has 1 aliphatic heterocycles. The highest BCUT2D eigenvalue weighted by molar-refractivity contribution is 7.89. The smallest absolute Gasteiger partial charge is 0.257 e. The van der Waals surface area contributed by atoms with E-state index in [1.165, 1.54) is 11.4 Å². The summed E-state index contributed by atoms with van der Waals surface area (Å²) in [6, 6.07) is 4.89. The molecule has 128 valence electrons. The second-order valence-electron chi connectivity index (χ2n) is 5.29. The quantitative estimate of drug-likeness (QED) is 0.821. The fraction of sp³-hybridized carbons (Fsp3) is 0.533. The van der Waals surface area contributed by atoms with Crippen LogP contribution in [-0.2, 0) is 10.0 Å². The van der Waals surface area contributed by atoms with Gasteiger partial charge in [-0.3, -0.25) is 4.79 Å². The standard InChI is InChI=1S/C15H21ClN2O4S/c1-3-23(20,21)18-8-4-7-17(9-10-18)15(19)13-11-12(16)5-6-14(13)22-2/h5-6,11H,3-4,7-10H2,1-2H3. The molecule has 1 aliphatic rings. The van der Waals surface area contributed by atoms with Gasteiger partial charge in [-0.25, -0.2) is 12.7 Å². The van der Waals surface area contributed by atoms with Crippen molar-refractivity contribution in [3.05, 3.63) is 28.8 Å². The Morgan fingerprint density at radius 3 is 2.65 bits per heavy atom. The van der Waals surface area contributed by atoms with Crippen LogP contribution < -0.4 is 4.74 Å². The molecule has 0 aromatic heterocycles. The normalized spacial score (nSPS) is 16.9. The van der Waals surface area contributed by atoms with Crippen LogP contribution in [0.2, 0.25) is 5.02 Å². The summed E-state index contributed by atoms with van der Waals surface area (Å²) in [7, 11) is -1.73. The Bertz CT molecular complexity index is 678. The van der Waals surface area contributed by atoms with E-state index in [0.29, 0.717) is 48.9 Å². The highest BCUT2D eigenvalue weighted by Gasteiger charge is 2.27. The molecule has 0 saturated carbocycles. The molecule has 1 saturated heterocycles. The lowest BCUT2D eigenvalue weighted by atomic mass is 10.1. The Hall–Kier alpha value is -1.31. The molecule has 0 unspecified atom stereocenters. The van der Waals surface area contributed by atoms with Crippen molar-refractivity contribution in [2.45, 2.75) is 13.3 Å². The van der Waals surface area contributed by atoms with Crippen LogP contribution >= 0.6 is 11.6 Å². The van der Waals surface area contributed by atoms with Gasteiger partial charge in [-0.2, -0.15) is 0 Å². The molecule has 23 heavy (non-hydrogen) atoms. The first-order valence-corrected chi connectivity index (χ1v) is 9.48. The molecule has 0 aliphatic carbocycles. The molecule has 0 bridgehead atoms. The number of carbonyl (C=O) groups excluding carboxylic acids is 1. The first-order valence-electron chi connectivity index (χ1n) is 7.49. The fourth-order valence-corrected chi connectivity index (χ4v) is 3.88. The van der Waals surface area contributed by atoms with Gasteiger partial charge in [0.05, 0.1) is 18.4 Å². The Labute approximate surface area is 142 Å². The third-order valence-corrected chi connectivity index (χ3v) is 6.01. The van der Waals surface area contributed by atoms with Crippen molar-refractivity contribution >= 4 is 27.5 Å². The van der Waals surface area contributed by atoms with E-state index in [-0.39, 0.29) is 11.7 Å². The second kappa shape index (κ2) is 7.51. The highest BCUT2D eigenvalue weighted by Crippen LogP contribution is 2.24. The minimum atomic E-state index is -3.23. The van der Waals surface area contributed by atoms with Gasteiger partial charge in [0.15, 0.2) is 0 Å². The van der Waals surface area contributed by atoms with Crippen molar-refractivity contribution in [3.8, 4) is 5.75 Å². The topological polar surface area (TPSA) is 66.9 Å². The minimum absolute atomic E-state index is 0.0725. The van der Waals surface area contributed by atoms with Gasteiger partial charge in [0.1, 0.15) is 5.75 Å². The van der Waals surface area contributed by atoms with Crippen molar-refractivity contribution in [2.75, 3.05) is 39.0 Å². The first-order chi connectivity index (χ1) is 10.9. The molecule has 1 aromatic carbocycles. The van der Waals surface area contributed by atoms with Crippen LogP contribution in [-0.4, -0.2) is 62.6 Å². The SMILES string of the molecule is CCS(=O)(=O)N1CCCN(C(=O)c2cc(Cl)ccc2OC)CC1. The maximum atomic E-state index is 12.7. The molecular weight excluding hydrogens is 340 g/mol. The van der Waals surface area contributed by atoms with Crippen LogP contribution in [0.3, 0.4) is 0 Å². The van der Waals surface area contributed by atoms with Crippen LogP contribution in [0.5, 0.6) is 5.75 Å². The number of ether oxygens (including phenoxy) is 1. The molecule has 0 atom stereocenters. The highest BCUT2D eigenvalue weighted by atomic mass is 35.5. The van der Waals surface area contributed by atoms with Gasteiger partial charge in [-0.05, 0) is 31.5 Å². The predicted octanol–water partition coefficient (Wildman–Crippen LogP) is 1.85. The summed E-state index contributed by atoms with van der Waals surface area (Å²) in [5.74, 6) is 0.338. The third kappa shape index (κ3) is 4.16. The Morgan fingerprint density at radius 2 is 2.00 bits per heavy atom. The van der Waals surface area contributed by atoms with Crippen LogP contribution in [0.15, 0.2) is 18.2 Å². The molecule has 8 heteroatoms. The van der Waals surface area contributed by atoms with Crippen molar-refractivity contribution in [2.24, 2.45) is 0 Å². The largest absolute Gasteiger partial charge is 0.496 e. The second-order valence-corrected chi connectivity index (χ2v) is 7.98. The van der Waals surface area contributed by atoms with Gasteiger partial charge in [-0.1, -0.05) is 11.6 Å². The number of hydrogen-bond acceptors (Lipinski definition) is 4. The van der Waals surface area contributed by atoms with Gasteiger partial charge in [0.25, 0.3) is 5.91 Å². The lowest BCUT2D eigenvalue weighted by molar-refractivity contribution is 0.0761. The molecule has 0 spiro atoms. The summed E-state index contributed by atoms with van der Waals surface area (Å²) in [5, 5.41) is 0.458. The molecule has 6 nitrogen and oxygen atoms in total. The Morgan fingerprint density at radius 1 is 1.26 bits per heavy atom. The zero-order chi connectivity index (χ0) is 17.0. The third-order valence-electron chi connectivity index (χ3n) is 3.89. The summed E-state index contributed by atoms with van der Waals surface area (Å²) in [6.45, 7) is 3.23. The van der Waals surface area contributed by atoms with E-state index in [9.17, 15) is 13.2 Å². The summed E-state index contributed by atoms with van der Waals surface area (Å²) < 4.78 is 30.6. The van der Waals surface area contributed by atoms with Crippen LogP contribution in [0.1, 0.15) is 23.7 Å².